The molecule has 1 heterocycles. The summed E-state index contributed by atoms with van der Waals surface area (Å²) in [6, 6.07) is 5.40. The molecule has 0 aliphatic carbocycles. The number of rotatable bonds is 9. The molecule has 0 aromatic heterocycles. The van der Waals surface area contributed by atoms with Crippen LogP contribution in [0.5, 0.6) is 11.5 Å². The number of sulfonamides is 1. The molecule has 2 rings (SSSR count). The number of carbonyl (C=O) groups is 1. The highest BCUT2D eigenvalue weighted by atomic mass is 32.2. The number of benzene rings is 1. The van der Waals surface area contributed by atoms with Crippen molar-refractivity contribution in [3.05, 3.63) is 36.4 Å². The van der Waals surface area contributed by atoms with Crippen LogP contribution in [0.2, 0.25) is 0 Å². The third-order valence-electron chi connectivity index (χ3n) is 4.49. The normalized spacial score (nSPS) is 17.4. The Bertz CT molecular complexity index is 763. The molecule has 0 saturated carbocycles. The van der Waals surface area contributed by atoms with Crippen LogP contribution in [-0.2, 0) is 21.2 Å². The fourth-order valence-electron chi connectivity index (χ4n) is 3.14. The first-order valence-corrected chi connectivity index (χ1v) is 10.9. The van der Waals surface area contributed by atoms with Gasteiger partial charge in [-0.1, -0.05) is 12.1 Å². The van der Waals surface area contributed by atoms with Crippen LogP contribution in [0.15, 0.2) is 30.9 Å². The standard InChI is InChI=1S/C19H28N2O5S/c1-4-7-15-9-10-17(18(12-15)25-2)26-14-19(22)21-11-6-5-8-16(21)13-20-27(3,23)24/h4,9-10,12,16,20H,1,5-8,11,13-14H2,2-3H3. The first kappa shape index (κ1) is 21.2. The molecule has 1 fully saturated rings. The minimum Gasteiger partial charge on any atom is -0.493 e. The van der Waals surface area contributed by atoms with Crippen molar-refractivity contribution in [3.8, 4) is 11.5 Å². The summed E-state index contributed by atoms with van der Waals surface area (Å²) in [6.07, 6.45) is 6.29. The molecule has 27 heavy (non-hydrogen) atoms. The van der Waals surface area contributed by atoms with Crippen LogP contribution in [0.1, 0.15) is 24.8 Å². The number of hydrogen-bond donors (Lipinski definition) is 1. The minimum absolute atomic E-state index is 0.119. The van der Waals surface area contributed by atoms with Gasteiger partial charge in [0.2, 0.25) is 10.0 Å². The molecule has 1 amide bonds. The van der Waals surface area contributed by atoms with Crippen molar-refractivity contribution in [2.45, 2.75) is 31.7 Å². The van der Waals surface area contributed by atoms with Crippen LogP contribution < -0.4 is 14.2 Å². The van der Waals surface area contributed by atoms with E-state index in [9.17, 15) is 13.2 Å². The fraction of sp³-hybridized carbons (Fsp3) is 0.526. The number of carbonyl (C=O) groups excluding carboxylic acids is 1. The molecular weight excluding hydrogens is 368 g/mol. The number of nitrogens with zero attached hydrogens (tertiary/aromatic N) is 1. The number of allylic oxidation sites excluding steroid dienone is 1. The zero-order valence-corrected chi connectivity index (χ0v) is 16.8. The molecule has 7 nitrogen and oxygen atoms in total. The highest BCUT2D eigenvalue weighted by Crippen LogP contribution is 2.28. The smallest absolute Gasteiger partial charge is 0.260 e. The second kappa shape index (κ2) is 9.75. The predicted octanol–water partition coefficient (Wildman–Crippen LogP) is 1.73. The Morgan fingerprint density at radius 2 is 2.15 bits per heavy atom. The SMILES string of the molecule is C=CCc1ccc(OCC(=O)N2CCCCC2CNS(C)(=O)=O)c(OC)c1. The Kier molecular flexibility index (Phi) is 7.67. The van der Waals surface area contributed by atoms with Gasteiger partial charge in [-0.2, -0.15) is 0 Å². The lowest BCUT2D eigenvalue weighted by Crippen LogP contribution is -2.50. The van der Waals surface area contributed by atoms with Gasteiger partial charge in [0, 0.05) is 19.1 Å². The van der Waals surface area contributed by atoms with Crippen LogP contribution >= 0.6 is 0 Å². The van der Waals surface area contributed by atoms with Gasteiger partial charge in [-0.3, -0.25) is 4.79 Å². The number of amides is 1. The van der Waals surface area contributed by atoms with Crippen LogP contribution in [0.3, 0.4) is 0 Å². The van der Waals surface area contributed by atoms with Gasteiger partial charge in [0.1, 0.15) is 0 Å². The summed E-state index contributed by atoms with van der Waals surface area (Å²) >= 11 is 0. The Morgan fingerprint density at radius 3 is 2.81 bits per heavy atom. The van der Waals surface area contributed by atoms with E-state index in [0.717, 1.165) is 37.5 Å². The van der Waals surface area contributed by atoms with Gasteiger partial charge < -0.3 is 14.4 Å². The summed E-state index contributed by atoms with van der Waals surface area (Å²) in [5.41, 5.74) is 1.04. The third-order valence-corrected chi connectivity index (χ3v) is 5.18. The lowest BCUT2D eigenvalue weighted by Gasteiger charge is -2.35. The van der Waals surface area contributed by atoms with E-state index in [0.29, 0.717) is 18.0 Å². The lowest BCUT2D eigenvalue weighted by molar-refractivity contribution is -0.136. The molecule has 1 saturated heterocycles. The average molecular weight is 397 g/mol. The molecule has 1 aliphatic heterocycles. The van der Waals surface area contributed by atoms with Gasteiger partial charge in [0.25, 0.3) is 5.91 Å². The number of likely N-dealkylation sites (tertiary alicyclic amines) is 1. The van der Waals surface area contributed by atoms with E-state index in [1.54, 1.807) is 24.2 Å². The first-order chi connectivity index (χ1) is 12.8. The number of methoxy groups -OCH3 is 1. The molecule has 1 aromatic rings. The summed E-state index contributed by atoms with van der Waals surface area (Å²) < 4.78 is 36.2. The van der Waals surface area contributed by atoms with Crippen molar-refractivity contribution >= 4 is 15.9 Å². The molecule has 1 unspecified atom stereocenters. The topological polar surface area (TPSA) is 84.9 Å². The maximum absolute atomic E-state index is 12.6. The quantitative estimate of drug-likeness (QED) is 0.643. The lowest BCUT2D eigenvalue weighted by atomic mass is 10.0. The van der Waals surface area contributed by atoms with Crippen LogP contribution in [0.25, 0.3) is 0 Å². The van der Waals surface area contributed by atoms with Crippen LogP contribution in [-0.4, -0.2) is 58.3 Å². The highest BCUT2D eigenvalue weighted by Gasteiger charge is 2.27. The summed E-state index contributed by atoms with van der Waals surface area (Å²) in [7, 11) is -1.73. The molecule has 8 heteroatoms. The summed E-state index contributed by atoms with van der Waals surface area (Å²) in [5, 5.41) is 0. The van der Waals surface area contributed by atoms with Crippen molar-refractivity contribution in [3.63, 3.8) is 0 Å². The van der Waals surface area contributed by atoms with E-state index < -0.39 is 10.0 Å². The summed E-state index contributed by atoms with van der Waals surface area (Å²) in [6.45, 7) is 4.43. The molecule has 150 valence electrons. The highest BCUT2D eigenvalue weighted by molar-refractivity contribution is 7.88. The van der Waals surface area contributed by atoms with Crippen molar-refractivity contribution in [1.29, 1.82) is 0 Å². The van der Waals surface area contributed by atoms with Crippen molar-refractivity contribution < 1.29 is 22.7 Å². The second-order valence-electron chi connectivity index (χ2n) is 6.62. The van der Waals surface area contributed by atoms with Crippen molar-refractivity contribution in [2.75, 3.05) is 33.1 Å². The third kappa shape index (κ3) is 6.55. The van der Waals surface area contributed by atoms with Crippen molar-refractivity contribution in [1.82, 2.24) is 9.62 Å². The Balaban J connectivity index is 1.99. The number of piperidine rings is 1. The Hall–Kier alpha value is -2.06. The van der Waals surface area contributed by atoms with Crippen LogP contribution in [0.4, 0.5) is 0 Å². The van der Waals surface area contributed by atoms with Crippen LogP contribution in [0, 0.1) is 0 Å². The minimum atomic E-state index is -3.29. The van der Waals surface area contributed by atoms with Gasteiger partial charge >= 0.3 is 0 Å². The van der Waals surface area contributed by atoms with E-state index in [-0.39, 0.29) is 25.1 Å². The monoisotopic (exact) mass is 396 g/mol. The number of ether oxygens (including phenoxy) is 2. The molecule has 0 spiro atoms. The molecule has 1 aromatic carbocycles. The molecule has 0 bridgehead atoms. The van der Waals surface area contributed by atoms with Gasteiger partial charge in [-0.25, -0.2) is 13.1 Å². The molecule has 1 N–H and O–H groups in total. The van der Waals surface area contributed by atoms with Gasteiger partial charge in [0.15, 0.2) is 18.1 Å². The zero-order valence-electron chi connectivity index (χ0n) is 15.9. The average Bonchev–Trinajstić information content (AvgIpc) is 2.64. The number of hydrogen-bond acceptors (Lipinski definition) is 5. The predicted molar refractivity (Wildman–Crippen MR) is 105 cm³/mol. The second-order valence-corrected chi connectivity index (χ2v) is 8.46. The zero-order chi connectivity index (χ0) is 19.9. The fourth-order valence-corrected chi connectivity index (χ4v) is 3.63. The maximum atomic E-state index is 12.6. The molecular formula is C19H28N2O5S. The first-order valence-electron chi connectivity index (χ1n) is 8.98. The molecule has 1 atom stereocenters. The Morgan fingerprint density at radius 1 is 1.37 bits per heavy atom. The van der Waals surface area contributed by atoms with E-state index in [1.807, 2.05) is 12.1 Å². The van der Waals surface area contributed by atoms with E-state index in [2.05, 4.69) is 11.3 Å². The molecule has 1 aliphatic rings. The van der Waals surface area contributed by atoms with Gasteiger partial charge in [0.05, 0.1) is 13.4 Å². The van der Waals surface area contributed by atoms with Gasteiger partial charge in [-0.05, 0) is 43.4 Å². The summed E-state index contributed by atoms with van der Waals surface area (Å²) in [5.74, 6) is 0.907. The van der Waals surface area contributed by atoms with E-state index >= 15 is 0 Å². The van der Waals surface area contributed by atoms with E-state index in [4.69, 9.17) is 9.47 Å². The molecule has 0 radical (unpaired) electrons. The maximum Gasteiger partial charge on any atom is 0.260 e. The number of nitrogens with one attached hydrogen (secondary N) is 1. The Labute approximate surface area is 161 Å². The van der Waals surface area contributed by atoms with E-state index in [1.165, 1.54) is 0 Å². The van der Waals surface area contributed by atoms with Crippen molar-refractivity contribution in [2.24, 2.45) is 0 Å². The largest absolute Gasteiger partial charge is 0.493 e. The summed E-state index contributed by atoms with van der Waals surface area (Å²) in [4.78, 5) is 14.4. The van der Waals surface area contributed by atoms with Gasteiger partial charge in [-0.15, -0.1) is 6.58 Å².